The summed E-state index contributed by atoms with van der Waals surface area (Å²) in [5.41, 5.74) is -0.557. The highest BCUT2D eigenvalue weighted by molar-refractivity contribution is 5.96. The van der Waals surface area contributed by atoms with Crippen molar-refractivity contribution in [3.63, 3.8) is 0 Å². The summed E-state index contributed by atoms with van der Waals surface area (Å²) in [6.07, 6.45) is -1.45. The summed E-state index contributed by atoms with van der Waals surface area (Å²) in [5.74, 6) is -0.757. The van der Waals surface area contributed by atoms with Gasteiger partial charge in [0.2, 0.25) is 0 Å². The number of pyridine rings is 1. The average molecular weight is 294 g/mol. The van der Waals surface area contributed by atoms with Gasteiger partial charge < -0.3 is 5.32 Å². The zero-order valence-electron chi connectivity index (χ0n) is 11.2. The number of carbonyl (C=O) groups is 1. The van der Waals surface area contributed by atoms with Crippen LogP contribution in [-0.4, -0.2) is 10.9 Å². The number of nitrogens with one attached hydrogen (secondary N) is 1. The Morgan fingerprint density at radius 2 is 1.76 bits per heavy atom. The van der Waals surface area contributed by atoms with Gasteiger partial charge >= 0.3 is 6.18 Å². The molecule has 0 fully saturated rings. The second-order valence-electron chi connectivity index (χ2n) is 4.52. The van der Waals surface area contributed by atoms with Crippen LogP contribution >= 0.6 is 0 Å². The van der Waals surface area contributed by atoms with Gasteiger partial charge in [-0.2, -0.15) is 13.2 Å². The molecular weight excluding hydrogens is 281 g/mol. The lowest BCUT2D eigenvalue weighted by molar-refractivity contribution is -0.137. The first kappa shape index (κ1) is 15.0. The average Bonchev–Trinajstić information content (AvgIpc) is 2.47. The third-order valence-electron chi connectivity index (χ3n) is 3.03. The molecule has 0 saturated heterocycles. The maximum Gasteiger partial charge on any atom is 0.417 e. The number of aromatic nitrogens is 1. The Morgan fingerprint density at radius 1 is 1.14 bits per heavy atom. The van der Waals surface area contributed by atoms with Crippen molar-refractivity contribution in [2.24, 2.45) is 0 Å². The molecule has 110 valence electrons. The van der Waals surface area contributed by atoms with Gasteiger partial charge in [0.15, 0.2) is 0 Å². The fraction of sp³-hybridized carbons (Fsp3) is 0.200. The quantitative estimate of drug-likeness (QED) is 0.940. The lowest BCUT2D eigenvalue weighted by atomic mass is 10.0. The van der Waals surface area contributed by atoms with E-state index in [1.54, 1.807) is 31.5 Å². The van der Waals surface area contributed by atoms with E-state index in [1.165, 1.54) is 12.1 Å². The van der Waals surface area contributed by atoms with Gasteiger partial charge in [-0.25, -0.2) is 0 Å². The second-order valence-corrected chi connectivity index (χ2v) is 4.52. The molecule has 1 amide bonds. The van der Waals surface area contributed by atoms with Gasteiger partial charge in [-0.3, -0.25) is 9.78 Å². The van der Waals surface area contributed by atoms with Crippen molar-refractivity contribution < 1.29 is 18.0 Å². The monoisotopic (exact) mass is 294 g/mol. The molecule has 1 N–H and O–H groups in total. The fourth-order valence-corrected chi connectivity index (χ4v) is 1.94. The number of benzene rings is 1. The second kappa shape index (κ2) is 5.95. The highest BCUT2D eigenvalue weighted by Crippen LogP contribution is 2.32. The van der Waals surface area contributed by atoms with E-state index < -0.39 is 23.7 Å². The van der Waals surface area contributed by atoms with Crippen LogP contribution in [0.3, 0.4) is 0 Å². The third-order valence-corrected chi connectivity index (χ3v) is 3.03. The fourth-order valence-electron chi connectivity index (χ4n) is 1.94. The molecule has 0 aliphatic rings. The van der Waals surface area contributed by atoms with Crippen LogP contribution in [0.25, 0.3) is 0 Å². The van der Waals surface area contributed by atoms with Crippen molar-refractivity contribution in [3.05, 3.63) is 65.5 Å². The smallest absolute Gasteiger partial charge is 0.346 e. The van der Waals surface area contributed by atoms with Gasteiger partial charge in [-0.15, -0.1) is 0 Å². The van der Waals surface area contributed by atoms with E-state index in [0.717, 1.165) is 17.7 Å². The number of carbonyl (C=O) groups excluding carboxylic acids is 1. The van der Waals surface area contributed by atoms with E-state index in [1.807, 2.05) is 0 Å². The largest absolute Gasteiger partial charge is 0.417 e. The van der Waals surface area contributed by atoms with E-state index in [4.69, 9.17) is 0 Å². The van der Waals surface area contributed by atoms with Gasteiger partial charge in [0.25, 0.3) is 5.91 Å². The molecule has 3 nitrogen and oxygen atoms in total. The van der Waals surface area contributed by atoms with Crippen molar-refractivity contribution in [2.45, 2.75) is 19.1 Å². The molecule has 2 aromatic rings. The molecule has 1 aromatic heterocycles. The van der Waals surface area contributed by atoms with Crippen LogP contribution in [0.4, 0.5) is 13.2 Å². The van der Waals surface area contributed by atoms with Crippen molar-refractivity contribution in [1.82, 2.24) is 10.3 Å². The Bertz CT molecular complexity index is 626. The van der Waals surface area contributed by atoms with E-state index in [-0.39, 0.29) is 5.56 Å². The summed E-state index contributed by atoms with van der Waals surface area (Å²) < 4.78 is 38.6. The van der Waals surface area contributed by atoms with Crippen molar-refractivity contribution >= 4 is 5.91 Å². The normalized spacial score (nSPS) is 12.8. The number of hydrogen-bond donors (Lipinski definition) is 1. The standard InChI is InChI=1S/C15H13F3N2O/c1-10(11-6-8-19-9-7-11)20-14(21)12-4-2-3-5-13(12)15(16,17)18/h2-10H,1H3,(H,20,21). The predicted molar refractivity (Wildman–Crippen MR) is 71.6 cm³/mol. The van der Waals surface area contributed by atoms with Crippen LogP contribution in [0.1, 0.15) is 34.5 Å². The Labute approximate surface area is 119 Å². The first-order valence-electron chi connectivity index (χ1n) is 6.26. The minimum Gasteiger partial charge on any atom is -0.346 e. The van der Waals surface area contributed by atoms with Gasteiger partial charge in [-0.05, 0) is 36.8 Å². The lowest BCUT2D eigenvalue weighted by Gasteiger charge is -2.17. The van der Waals surface area contributed by atoms with Crippen LogP contribution in [0.15, 0.2) is 48.8 Å². The summed E-state index contributed by atoms with van der Waals surface area (Å²) in [6.45, 7) is 1.70. The molecular formula is C15H13F3N2O. The molecule has 21 heavy (non-hydrogen) atoms. The highest BCUT2D eigenvalue weighted by Gasteiger charge is 2.35. The van der Waals surface area contributed by atoms with Crippen LogP contribution < -0.4 is 5.32 Å². The molecule has 0 spiro atoms. The maximum absolute atomic E-state index is 12.9. The Hall–Kier alpha value is -2.37. The van der Waals surface area contributed by atoms with Crippen LogP contribution in [0.2, 0.25) is 0 Å². The first-order valence-corrected chi connectivity index (χ1v) is 6.26. The summed E-state index contributed by atoms with van der Waals surface area (Å²) in [5, 5.41) is 2.56. The third kappa shape index (κ3) is 3.59. The van der Waals surface area contributed by atoms with E-state index in [2.05, 4.69) is 10.3 Å². The van der Waals surface area contributed by atoms with Crippen LogP contribution in [-0.2, 0) is 6.18 Å². The molecule has 0 radical (unpaired) electrons. The van der Waals surface area contributed by atoms with Gasteiger partial charge in [-0.1, -0.05) is 12.1 Å². The Kier molecular flexibility index (Phi) is 4.26. The molecule has 1 atom stereocenters. The minimum atomic E-state index is -4.56. The molecule has 0 aliphatic carbocycles. The number of alkyl halides is 3. The number of halogens is 3. The first-order chi connectivity index (χ1) is 9.89. The van der Waals surface area contributed by atoms with Crippen molar-refractivity contribution in [1.29, 1.82) is 0 Å². The van der Waals surface area contributed by atoms with Crippen LogP contribution in [0.5, 0.6) is 0 Å². The summed E-state index contributed by atoms with van der Waals surface area (Å²) >= 11 is 0. The van der Waals surface area contributed by atoms with E-state index in [0.29, 0.717) is 0 Å². The minimum absolute atomic E-state index is 0.383. The molecule has 0 aliphatic heterocycles. The van der Waals surface area contributed by atoms with Gasteiger partial charge in [0.1, 0.15) is 0 Å². The molecule has 2 rings (SSSR count). The van der Waals surface area contributed by atoms with Crippen molar-refractivity contribution in [2.75, 3.05) is 0 Å². The molecule has 1 unspecified atom stereocenters. The topological polar surface area (TPSA) is 42.0 Å². The van der Waals surface area contributed by atoms with Crippen molar-refractivity contribution in [3.8, 4) is 0 Å². The summed E-state index contributed by atoms with van der Waals surface area (Å²) in [6, 6.07) is 7.69. The van der Waals surface area contributed by atoms with E-state index in [9.17, 15) is 18.0 Å². The van der Waals surface area contributed by atoms with Crippen LogP contribution in [0, 0.1) is 0 Å². The number of rotatable bonds is 3. The molecule has 6 heteroatoms. The molecule has 0 bridgehead atoms. The van der Waals surface area contributed by atoms with Gasteiger partial charge in [0.05, 0.1) is 17.2 Å². The lowest BCUT2D eigenvalue weighted by Crippen LogP contribution is -2.28. The predicted octanol–water partition coefficient (Wildman–Crippen LogP) is 3.59. The molecule has 1 aromatic carbocycles. The SMILES string of the molecule is CC(NC(=O)c1ccccc1C(F)(F)F)c1ccncc1. The zero-order valence-corrected chi connectivity index (χ0v) is 11.2. The Balaban J connectivity index is 2.22. The maximum atomic E-state index is 12.9. The number of amides is 1. The number of hydrogen-bond acceptors (Lipinski definition) is 2. The van der Waals surface area contributed by atoms with E-state index >= 15 is 0 Å². The summed E-state index contributed by atoms with van der Waals surface area (Å²) in [4.78, 5) is 15.9. The van der Waals surface area contributed by atoms with Gasteiger partial charge in [0, 0.05) is 12.4 Å². The zero-order chi connectivity index (χ0) is 15.5. The number of nitrogens with zero attached hydrogens (tertiary/aromatic N) is 1. The summed E-state index contributed by atoms with van der Waals surface area (Å²) in [7, 11) is 0. The Morgan fingerprint density at radius 3 is 2.38 bits per heavy atom. The highest BCUT2D eigenvalue weighted by atomic mass is 19.4. The molecule has 1 heterocycles. The molecule has 0 saturated carbocycles.